The van der Waals surface area contributed by atoms with Crippen molar-refractivity contribution in [3.05, 3.63) is 53.4 Å². The van der Waals surface area contributed by atoms with Gasteiger partial charge < -0.3 is 10.7 Å². The van der Waals surface area contributed by atoms with Crippen LogP contribution in [0.3, 0.4) is 0 Å². The van der Waals surface area contributed by atoms with E-state index in [9.17, 15) is 18.8 Å². The van der Waals surface area contributed by atoms with Crippen LogP contribution in [0.2, 0.25) is 0 Å². The summed E-state index contributed by atoms with van der Waals surface area (Å²) in [5.74, 6) is -2.12. The molecule has 0 atom stereocenters. The molecule has 7 heteroatoms. The van der Waals surface area contributed by atoms with Crippen LogP contribution in [0.15, 0.2) is 36.5 Å². The van der Waals surface area contributed by atoms with Crippen LogP contribution >= 0.6 is 0 Å². The highest BCUT2D eigenvalue weighted by molar-refractivity contribution is 5.98. The molecule has 20 heavy (non-hydrogen) atoms. The number of amides is 1. The van der Waals surface area contributed by atoms with Crippen molar-refractivity contribution in [3.63, 3.8) is 0 Å². The fourth-order valence-corrected chi connectivity index (χ4v) is 1.72. The number of carbonyl (C=O) groups is 1. The van der Waals surface area contributed by atoms with Crippen LogP contribution in [0.1, 0.15) is 6.92 Å². The lowest BCUT2D eigenvalue weighted by molar-refractivity contribution is -0.115. The van der Waals surface area contributed by atoms with Crippen molar-refractivity contribution >= 4 is 23.1 Å². The zero-order chi connectivity index (χ0) is 14.7. The Bertz CT molecular complexity index is 649. The molecule has 2 aromatic rings. The molecule has 1 amide bonds. The Balaban J connectivity index is 2.53. The van der Waals surface area contributed by atoms with Crippen LogP contribution < -0.4 is 10.4 Å². The molecule has 0 saturated carbocycles. The Morgan fingerprint density at radius 1 is 1.30 bits per heavy atom. The van der Waals surface area contributed by atoms with E-state index in [2.05, 4.69) is 4.98 Å². The number of anilines is 3. The smallest absolute Gasteiger partial charge is 0.229 e. The maximum absolute atomic E-state index is 13.8. The Kier molecular flexibility index (Phi) is 3.90. The van der Waals surface area contributed by atoms with E-state index >= 15 is 0 Å². The first kappa shape index (κ1) is 13.9. The van der Waals surface area contributed by atoms with Crippen molar-refractivity contribution in [1.29, 1.82) is 0 Å². The van der Waals surface area contributed by atoms with Crippen LogP contribution in [0, 0.1) is 16.8 Å². The molecule has 0 bridgehead atoms. The van der Waals surface area contributed by atoms with Gasteiger partial charge in [-0.05, 0) is 18.2 Å². The molecule has 2 rings (SSSR count). The van der Waals surface area contributed by atoms with Crippen molar-refractivity contribution in [2.45, 2.75) is 6.92 Å². The van der Waals surface area contributed by atoms with Gasteiger partial charge in [-0.1, -0.05) is 0 Å². The van der Waals surface area contributed by atoms with Crippen LogP contribution in [0.5, 0.6) is 0 Å². The number of nitrogens with zero attached hydrogens (tertiary/aromatic N) is 2. The number of nitrogens with one attached hydrogen (secondary N) is 1. The van der Waals surface area contributed by atoms with E-state index in [4.69, 9.17) is 0 Å². The van der Waals surface area contributed by atoms with Gasteiger partial charge in [0, 0.05) is 30.9 Å². The lowest BCUT2D eigenvalue weighted by atomic mass is 10.2. The highest BCUT2D eigenvalue weighted by Gasteiger charge is 2.19. The quantitative estimate of drug-likeness (QED) is 0.876. The van der Waals surface area contributed by atoms with Crippen LogP contribution in [-0.2, 0) is 4.79 Å². The number of benzene rings is 1. The Morgan fingerprint density at radius 2 is 2.05 bits per heavy atom. The predicted octanol–water partition coefficient (Wildman–Crippen LogP) is 2.95. The monoisotopic (exact) mass is 278 g/mol. The van der Waals surface area contributed by atoms with Gasteiger partial charge in [0.25, 0.3) is 0 Å². The molecule has 1 aromatic heterocycles. The van der Waals surface area contributed by atoms with Crippen LogP contribution in [-0.4, -0.2) is 10.9 Å². The van der Waals surface area contributed by atoms with Gasteiger partial charge in [0.15, 0.2) is 0 Å². The van der Waals surface area contributed by atoms with E-state index in [-0.39, 0.29) is 17.2 Å². The SMILES string of the molecule is CC(=O)N(c1cc(N[O-])ccn1)c1ccc(F)cc1F. The van der Waals surface area contributed by atoms with E-state index in [1.54, 1.807) is 5.48 Å². The molecule has 104 valence electrons. The first-order valence-electron chi connectivity index (χ1n) is 5.63. The highest BCUT2D eigenvalue weighted by atomic mass is 19.1. The second-order valence-electron chi connectivity index (χ2n) is 3.95. The van der Waals surface area contributed by atoms with Crippen molar-refractivity contribution in [3.8, 4) is 0 Å². The van der Waals surface area contributed by atoms with Gasteiger partial charge in [0.05, 0.1) is 5.69 Å². The topological polar surface area (TPSA) is 68.3 Å². The fourth-order valence-electron chi connectivity index (χ4n) is 1.72. The molecule has 0 saturated heterocycles. The Morgan fingerprint density at radius 3 is 2.65 bits per heavy atom. The maximum Gasteiger partial charge on any atom is 0.229 e. The molecule has 1 aromatic carbocycles. The van der Waals surface area contributed by atoms with Crippen LogP contribution in [0.4, 0.5) is 26.0 Å². The lowest BCUT2D eigenvalue weighted by Crippen LogP contribution is -2.24. The van der Waals surface area contributed by atoms with E-state index in [0.29, 0.717) is 6.07 Å². The van der Waals surface area contributed by atoms with Gasteiger partial charge in [-0.15, -0.1) is 0 Å². The molecule has 0 spiro atoms. The Hall–Kier alpha value is -2.54. The van der Waals surface area contributed by atoms with Gasteiger partial charge >= 0.3 is 0 Å². The maximum atomic E-state index is 13.8. The second kappa shape index (κ2) is 5.62. The average Bonchev–Trinajstić information content (AvgIpc) is 2.41. The van der Waals surface area contributed by atoms with Gasteiger partial charge in [0.1, 0.15) is 17.5 Å². The second-order valence-corrected chi connectivity index (χ2v) is 3.95. The molecule has 0 aliphatic rings. The summed E-state index contributed by atoms with van der Waals surface area (Å²) in [4.78, 5) is 16.6. The highest BCUT2D eigenvalue weighted by Crippen LogP contribution is 2.28. The number of halogens is 2. The molecule has 0 radical (unpaired) electrons. The van der Waals surface area contributed by atoms with Crippen molar-refractivity contribution in [2.24, 2.45) is 0 Å². The minimum Gasteiger partial charge on any atom is -0.761 e. The van der Waals surface area contributed by atoms with E-state index in [0.717, 1.165) is 17.0 Å². The number of aromatic nitrogens is 1. The molecule has 1 N–H and O–H groups in total. The average molecular weight is 278 g/mol. The molecular formula is C13H10F2N3O2-. The number of hydrogen-bond donors (Lipinski definition) is 1. The lowest BCUT2D eigenvalue weighted by Gasteiger charge is -2.22. The minimum absolute atomic E-state index is 0.0591. The van der Waals surface area contributed by atoms with Gasteiger partial charge in [-0.2, -0.15) is 0 Å². The van der Waals surface area contributed by atoms with E-state index in [1.807, 2.05) is 0 Å². The zero-order valence-electron chi connectivity index (χ0n) is 10.4. The summed E-state index contributed by atoms with van der Waals surface area (Å²) in [6.07, 6.45) is 1.30. The minimum atomic E-state index is -0.900. The molecule has 0 unspecified atom stereocenters. The molecule has 0 aliphatic carbocycles. The number of pyridine rings is 1. The summed E-state index contributed by atoms with van der Waals surface area (Å²) in [6, 6.07) is 5.52. The molecule has 0 aliphatic heterocycles. The third kappa shape index (κ3) is 2.72. The summed E-state index contributed by atoms with van der Waals surface area (Å²) in [5, 5.41) is 10.6. The summed E-state index contributed by atoms with van der Waals surface area (Å²) in [7, 11) is 0. The normalized spacial score (nSPS) is 10.2. The number of carbonyl (C=O) groups excluding carboxylic acids is 1. The standard InChI is InChI=1S/C13H10F2N3O2/c1-8(19)18(12-3-2-9(14)6-11(12)15)13-7-10(17-20)4-5-16-13/h2-7H,1H3,(H-,16,17,20)/q-1. The summed E-state index contributed by atoms with van der Waals surface area (Å²) in [5.41, 5.74) is 1.68. The van der Waals surface area contributed by atoms with Crippen molar-refractivity contribution in [2.75, 3.05) is 10.4 Å². The van der Waals surface area contributed by atoms with Crippen molar-refractivity contribution in [1.82, 2.24) is 4.98 Å². The van der Waals surface area contributed by atoms with Gasteiger partial charge in [0.2, 0.25) is 5.91 Å². The summed E-state index contributed by atoms with van der Waals surface area (Å²) < 4.78 is 26.7. The summed E-state index contributed by atoms with van der Waals surface area (Å²) >= 11 is 0. The first-order chi connectivity index (χ1) is 9.52. The number of rotatable bonds is 3. The molecule has 5 nitrogen and oxygen atoms in total. The third-order valence-corrected chi connectivity index (χ3v) is 2.56. The third-order valence-electron chi connectivity index (χ3n) is 2.56. The van der Waals surface area contributed by atoms with Gasteiger partial charge in [-0.25, -0.2) is 13.8 Å². The van der Waals surface area contributed by atoms with E-state index in [1.165, 1.54) is 25.3 Å². The first-order valence-corrected chi connectivity index (χ1v) is 5.63. The number of hydrogen-bond acceptors (Lipinski definition) is 4. The molecule has 0 fully saturated rings. The Labute approximate surface area is 113 Å². The van der Waals surface area contributed by atoms with E-state index < -0.39 is 17.5 Å². The van der Waals surface area contributed by atoms with Gasteiger partial charge in [-0.3, -0.25) is 9.69 Å². The largest absolute Gasteiger partial charge is 0.761 e. The van der Waals surface area contributed by atoms with Crippen LogP contribution in [0.25, 0.3) is 0 Å². The predicted molar refractivity (Wildman–Crippen MR) is 70.4 cm³/mol. The zero-order valence-corrected chi connectivity index (χ0v) is 10.4. The fraction of sp³-hybridized carbons (Fsp3) is 0.0769. The van der Waals surface area contributed by atoms with Crippen molar-refractivity contribution < 1.29 is 13.6 Å². The summed E-state index contributed by atoms with van der Waals surface area (Å²) in [6.45, 7) is 1.21. The molecular weight excluding hydrogens is 268 g/mol. The molecule has 1 heterocycles.